The number of nitrogens with one attached hydrogen (secondary N) is 4. The molecule has 1 aliphatic heterocycles. The van der Waals surface area contributed by atoms with E-state index in [4.69, 9.17) is 0 Å². The van der Waals surface area contributed by atoms with Gasteiger partial charge in [-0.25, -0.2) is 14.2 Å². The first-order valence-corrected chi connectivity index (χ1v) is 12.9. The van der Waals surface area contributed by atoms with E-state index in [0.29, 0.717) is 29.0 Å². The molecule has 2 aromatic heterocycles. The smallest absolute Gasteiger partial charge is 0.256 e. The molecule has 1 atom stereocenters. The van der Waals surface area contributed by atoms with Crippen LogP contribution in [0.5, 0.6) is 0 Å². The van der Waals surface area contributed by atoms with Crippen LogP contribution in [-0.2, 0) is 24.0 Å². The van der Waals surface area contributed by atoms with Gasteiger partial charge in [-0.15, -0.1) is 0 Å². The van der Waals surface area contributed by atoms with Gasteiger partial charge in [-0.05, 0) is 62.2 Å². The molecule has 1 amide bonds. The predicted molar refractivity (Wildman–Crippen MR) is 140 cm³/mol. The fourth-order valence-electron chi connectivity index (χ4n) is 3.65. The standard InChI is InChI=1S/C24H30N8O2S/c1-15(2)27-23(33)19-14-26-24(28-18-9-8-17-13-25-11-10-16(17)12-18)31-22(19)30-20-6-5-7-21(29-20)32(3)35(4)34/h5-9,12,14-15,25H,10-11,13H2,1-4H3,(H,27,33)(H2,26,28,29,30,31). The lowest BCUT2D eigenvalue weighted by Crippen LogP contribution is -2.31. The zero-order valence-electron chi connectivity index (χ0n) is 20.3. The Morgan fingerprint density at radius 3 is 2.74 bits per heavy atom. The SMILES string of the molecule is CC(C)NC(=O)c1cnc(Nc2ccc3c(c2)CCNC3)nc1Nc1cccc(N(C)S(C)=O)n1. The number of hydrogen-bond acceptors (Lipinski definition) is 8. The maximum atomic E-state index is 12.8. The first-order chi connectivity index (χ1) is 16.8. The van der Waals surface area contributed by atoms with Crippen LogP contribution >= 0.6 is 0 Å². The zero-order chi connectivity index (χ0) is 24.9. The third kappa shape index (κ3) is 6.11. The Hall–Kier alpha value is -3.57. The summed E-state index contributed by atoms with van der Waals surface area (Å²) in [5.41, 5.74) is 3.75. The fourth-order valence-corrected chi connectivity index (χ4v) is 4.01. The van der Waals surface area contributed by atoms with Crippen LogP contribution < -0.4 is 25.6 Å². The first kappa shape index (κ1) is 24.6. The number of rotatable bonds is 8. The molecule has 184 valence electrons. The van der Waals surface area contributed by atoms with Crippen molar-refractivity contribution in [1.82, 2.24) is 25.6 Å². The lowest BCUT2D eigenvalue weighted by Gasteiger charge is -2.18. The highest BCUT2D eigenvalue weighted by Gasteiger charge is 2.18. The maximum Gasteiger partial charge on any atom is 0.256 e. The van der Waals surface area contributed by atoms with E-state index in [0.717, 1.165) is 25.2 Å². The van der Waals surface area contributed by atoms with Crippen molar-refractivity contribution in [2.75, 3.05) is 34.8 Å². The van der Waals surface area contributed by atoms with Gasteiger partial charge in [0, 0.05) is 37.8 Å². The molecule has 4 N–H and O–H groups in total. The van der Waals surface area contributed by atoms with Crippen molar-refractivity contribution >= 4 is 46.0 Å². The lowest BCUT2D eigenvalue weighted by atomic mass is 10.0. The third-order valence-electron chi connectivity index (χ3n) is 5.49. The number of amides is 1. The number of anilines is 5. The van der Waals surface area contributed by atoms with Crippen molar-refractivity contribution in [1.29, 1.82) is 0 Å². The largest absolute Gasteiger partial charge is 0.350 e. The molecule has 0 aliphatic carbocycles. The van der Waals surface area contributed by atoms with Crippen molar-refractivity contribution < 1.29 is 9.00 Å². The second-order valence-electron chi connectivity index (χ2n) is 8.55. The second-order valence-corrected chi connectivity index (χ2v) is 9.94. The van der Waals surface area contributed by atoms with E-state index in [2.05, 4.69) is 48.4 Å². The fraction of sp³-hybridized carbons (Fsp3) is 0.333. The molecular weight excluding hydrogens is 464 g/mol. The molecule has 1 unspecified atom stereocenters. The van der Waals surface area contributed by atoms with Crippen molar-refractivity contribution in [3.05, 3.63) is 59.3 Å². The summed E-state index contributed by atoms with van der Waals surface area (Å²) in [6, 6.07) is 11.5. The average molecular weight is 495 g/mol. The molecule has 0 bridgehead atoms. The Kier molecular flexibility index (Phi) is 7.57. The Bertz CT molecular complexity index is 1250. The number of pyridine rings is 1. The van der Waals surface area contributed by atoms with Gasteiger partial charge in [0.2, 0.25) is 5.95 Å². The van der Waals surface area contributed by atoms with Crippen molar-refractivity contribution in [3.8, 4) is 0 Å². The van der Waals surface area contributed by atoms with Gasteiger partial charge in [0.25, 0.3) is 5.91 Å². The minimum atomic E-state index is -1.22. The van der Waals surface area contributed by atoms with Gasteiger partial charge in [-0.3, -0.25) is 9.10 Å². The summed E-state index contributed by atoms with van der Waals surface area (Å²) in [4.78, 5) is 26.3. The summed E-state index contributed by atoms with van der Waals surface area (Å²) in [5, 5.41) is 12.6. The lowest BCUT2D eigenvalue weighted by molar-refractivity contribution is 0.0943. The van der Waals surface area contributed by atoms with Crippen LogP contribution in [0, 0.1) is 0 Å². The molecule has 0 spiro atoms. The minimum absolute atomic E-state index is 0.0484. The number of hydrogen-bond donors (Lipinski definition) is 4. The van der Waals surface area contributed by atoms with Crippen LogP contribution in [0.3, 0.4) is 0 Å². The molecule has 1 aliphatic rings. The topological polar surface area (TPSA) is 124 Å². The highest BCUT2D eigenvalue weighted by Crippen LogP contribution is 2.24. The maximum absolute atomic E-state index is 12.8. The number of benzene rings is 1. The quantitative estimate of drug-likeness (QED) is 0.377. The zero-order valence-corrected chi connectivity index (χ0v) is 21.1. The molecule has 0 saturated heterocycles. The van der Waals surface area contributed by atoms with Crippen LogP contribution in [-0.4, -0.2) is 51.0 Å². The van der Waals surface area contributed by atoms with E-state index < -0.39 is 11.0 Å². The van der Waals surface area contributed by atoms with E-state index in [1.165, 1.54) is 17.3 Å². The summed E-state index contributed by atoms with van der Waals surface area (Å²) in [6.45, 7) is 5.60. The highest BCUT2D eigenvalue weighted by atomic mass is 32.2. The Morgan fingerprint density at radius 2 is 1.97 bits per heavy atom. The van der Waals surface area contributed by atoms with E-state index in [1.807, 2.05) is 19.9 Å². The van der Waals surface area contributed by atoms with Gasteiger partial charge in [-0.1, -0.05) is 12.1 Å². The van der Waals surface area contributed by atoms with Crippen molar-refractivity contribution in [2.45, 2.75) is 32.9 Å². The molecule has 1 aromatic carbocycles. The van der Waals surface area contributed by atoms with E-state index in [9.17, 15) is 9.00 Å². The molecule has 0 radical (unpaired) electrons. The highest BCUT2D eigenvalue weighted by molar-refractivity contribution is 7.85. The van der Waals surface area contributed by atoms with Crippen LogP contribution in [0.2, 0.25) is 0 Å². The van der Waals surface area contributed by atoms with Crippen molar-refractivity contribution in [2.24, 2.45) is 0 Å². The van der Waals surface area contributed by atoms with Crippen LogP contribution in [0.15, 0.2) is 42.6 Å². The molecule has 3 aromatic rings. The molecular formula is C24H30N8O2S. The van der Waals surface area contributed by atoms with Crippen LogP contribution in [0.25, 0.3) is 0 Å². The Balaban J connectivity index is 1.64. The van der Waals surface area contributed by atoms with Gasteiger partial charge < -0.3 is 21.3 Å². The summed E-state index contributed by atoms with van der Waals surface area (Å²) in [5.74, 6) is 1.36. The van der Waals surface area contributed by atoms with E-state index in [-0.39, 0.29) is 11.9 Å². The van der Waals surface area contributed by atoms with Crippen molar-refractivity contribution in [3.63, 3.8) is 0 Å². The molecule has 0 saturated carbocycles. The van der Waals surface area contributed by atoms with Gasteiger partial charge in [0.15, 0.2) is 0 Å². The molecule has 0 fully saturated rings. The van der Waals surface area contributed by atoms with Crippen LogP contribution in [0.1, 0.15) is 35.3 Å². The monoisotopic (exact) mass is 494 g/mol. The van der Waals surface area contributed by atoms with Gasteiger partial charge in [0.05, 0.1) is 0 Å². The summed E-state index contributed by atoms with van der Waals surface area (Å²) >= 11 is 0. The van der Waals surface area contributed by atoms with E-state index in [1.54, 1.807) is 35.8 Å². The third-order valence-corrected chi connectivity index (χ3v) is 6.45. The normalized spacial score (nSPS) is 13.6. The average Bonchev–Trinajstić information content (AvgIpc) is 2.83. The summed E-state index contributed by atoms with van der Waals surface area (Å²) < 4.78 is 13.4. The Morgan fingerprint density at radius 1 is 1.14 bits per heavy atom. The molecule has 4 rings (SSSR count). The predicted octanol–water partition coefficient (Wildman–Crippen LogP) is 2.87. The second kappa shape index (κ2) is 10.8. The number of carbonyl (C=O) groups excluding carboxylic acids is 1. The van der Waals surface area contributed by atoms with Gasteiger partial charge in [-0.2, -0.15) is 4.98 Å². The first-order valence-electron chi connectivity index (χ1n) is 11.4. The van der Waals surface area contributed by atoms with Crippen LogP contribution in [0.4, 0.5) is 29.1 Å². The molecule has 3 heterocycles. The number of nitrogens with zero attached hydrogens (tertiary/aromatic N) is 4. The summed E-state index contributed by atoms with van der Waals surface area (Å²) in [7, 11) is 0.477. The minimum Gasteiger partial charge on any atom is -0.350 e. The summed E-state index contributed by atoms with van der Waals surface area (Å²) in [6.07, 6.45) is 4.04. The number of carbonyl (C=O) groups is 1. The number of aromatic nitrogens is 3. The number of fused-ring (bicyclic) bond motifs is 1. The van der Waals surface area contributed by atoms with Gasteiger partial charge >= 0.3 is 0 Å². The molecule has 10 nitrogen and oxygen atoms in total. The molecule has 11 heteroatoms. The van der Waals surface area contributed by atoms with E-state index >= 15 is 0 Å². The van der Waals surface area contributed by atoms with Gasteiger partial charge in [0.1, 0.15) is 34.0 Å². The molecule has 35 heavy (non-hydrogen) atoms. The Labute approximate surface area is 207 Å².